The van der Waals surface area contributed by atoms with Gasteiger partial charge in [-0.1, -0.05) is 24.3 Å². The van der Waals surface area contributed by atoms with E-state index in [0.717, 1.165) is 41.1 Å². The Balaban J connectivity index is 1.58. The van der Waals surface area contributed by atoms with Crippen LogP contribution in [0.4, 0.5) is 4.39 Å². The van der Waals surface area contributed by atoms with E-state index in [0.29, 0.717) is 12.1 Å². The Morgan fingerprint density at radius 1 is 1.13 bits per heavy atom. The van der Waals surface area contributed by atoms with Crippen molar-refractivity contribution in [3.63, 3.8) is 0 Å². The highest BCUT2D eigenvalue weighted by Crippen LogP contribution is 2.34. The second-order valence-corrected chi connectivity index (χ2v) is 7.70. The van der Waals surface area contributed by atoms with Gasteiger partial charge in [0, 0.05) is 12.2 Å². The molecule has 2 aromatic carbocycles. The highest BCUT2D eigenvalue weighted by molar-refractivity contribution is 5.79. The molecule has 4 nitrogen and oxygen atoms in total. The fourth-order valence-corrected chi connectivity index (χ4v) is 4.11. The van der Waals surface area contributed by atoms with Gasteiger partial charge in [0.05, 0.1) is 25.3 Å². The van der Waals surface area contributed by atoms with Crippen molar-refractivity contribution in [2.24, 2.45) is 0 Å². The number of methoxy groups -OCH3 is 1. The first-order valence-corrected chi connectivity index (χ1v) is 10.2. The van der Waals surface area contributed by atoms with E-state index in [1.165, 1.54) is 12.1 Å². The molecule has 0 spiro atoms. The molecular weight excluding hydrogens is 379 g/mol. The summed E-state index contributed by atoms with van der Waals surface area (Å²) < 4.78 is 18.7. The van der Waals surface area contributed by atoms with E-state index in [1.807, 2.05) is 36.1 Å². The SMILES string of the molecule is COc1ccc(-c2cc(C)nc([C@H]3CCCN3C(=O)Cc3cccc(F)c3)c2)cc1. The van der Waals surface area contributed by atoms with Gasteiger partial charge in [-0.2, -0.15) is 0 Å². The van der Waals surface area contributed by atoms with Gasteiger partial charge in [-0.05, 0) is 72.9 Å². The molecule has 1 aliphatic rings. The molecule has 4 rings (SSSR count). The Kier molecular flexibility index (Phi) is 5.79. The number of carbonyl (C=O) groups is 1. The fourth-order valence-electron chi connectivity index (χ4n) is 4.11. The Labute approximate surface area is 176 Å². The van der Waals surface area contributed by atoms with Crippen molar-refractivity contribution in [2.75, 3.05) is 13.7 Å². The number of pyridine rings is 1. The first-order chi connectivity index (χ1) is 14.5. The van der Waals surface area contributed by atoms with Crippen LogP contribution in [0.5, 0.6) is 5.75 Å². The largest absolute Gasteiger partial charge is 0.497 e. The number of ether oxygens (including phenoxy) is 1. The van der Waals surface area contributed by atoms with Gasteiger partial charge in [0.15, 0.2) is 0 Å². The molecule has 0 unspecified atom stereocenters. The number of rotatable bonds is 5. The monoisotopic (exact) mass is 404 g/mol. The molecule has 0 saturated carbocycles. The molecular formula is C25H25FN2O2. The van der Waals surface area contributed by atoms with Crippen LogP contribution in [-0.2, 0) is 11.2 Å². The summed E-state index contributed by atoms with van der Waals surface area (Å²) in [5, 5.41) is 0. The third kappa shape index (κ3) is 4.35. The number of carbonyl (C=O) groups excluding carboxylic acids is 1. The highest BCUT2D eigenvalue weighted by atomic mass is 19.1. The van der Waals surface area contributed by atoms with Crippen molar-refractivity contribution in [2.45, 2.75) is 32.2 Å². The van der Waals surface area contributed by atoms with E-state index >= 15 is 0 Å². The molecule has 2 heterocycles. The number of aromatic nitrogens is 1. The summed E-state index contributed by atoms with van der Waals surface area (Å²) in [6.45, 7) is 2.68. The quantitative estimate of drug-likeness (QED) is 0.593. The zero-order valence-corrected chi connectivity index (χ0v) is 17.3. The van der Waals surface area contributed by atoms with Crippen molar-refractivity contribution in [3.05, 3.63) is 83.4 Å². The average molecular weight is 404 g/mol. The lowest BCUT2D eigenvalue weighted by Crippen LogP contribution is -2.32. The topological polar surface area (TPSA) is 42.4 Å². The second-order valence-electron chi connectivity index (χ2n) is 7.70. The lowest BCUT2D eigenvalue weighted by molar-refractivity contribution is -0.131. The van der Waals surface area contributed by atoms with Gasteiger partial charge in [0.2, 0.25) is 5.91 Å². The lowest BCUT2D eigenvalue weighted by atomic mass is 10.0. The van der Waals surface area contributed by atoms with Crippen LogP contribution in [0, 0.1) is 12.7 Å². The predicted octanol–water partition coefficient (Wildman–Crippen LogP) is 5.11. The minimum Gasteiger partial charge on any atom is -0.497 e. The van der Waals surface area contributed by atoms with E-state index in [1.54, 1.807) is 19.2 Å². The van der Waals surface area contributed by atoms with E-state index in [4.69, 9.17) is 9.72 Å². The molecule has 1 aromatic heterocycles. The van der Waals surface area contributed by atoms with Crippen LogP contribution in [0.15, 0.2) is 60.7 Å². The summed E-state index contributed by atoms with van der Waals surface area (Å²) in [6.07, 6.45) is 2.02. The summed E-state index contributed by atoms with van der Waals surface area (Å²) in [5.41, 5.74) is 4.68. The number of amides is 1. The number of likely N-dealkylation sites (tertiary alicyclic amines) is 1. The first kappa shape index (κ1) is 20.1. The van der Waals surface area contributed by atoms with Crippen molar-refractivity contribution in [1.29, 1.82) is 0 Å². The standard InChI is InChI=1S/C25H25FN2O2/c1-17-13-20(19-8-10-22(30-2)11-9-19)16-23(27-17)24-7-4-12-28(24)25(29)15-18-5-3-6-21(26)14-18/h3,5-6,8-11,13-14,16,24H,4,7,12,15H2,1-2H3/t24-/m1/s1. The van der Waals surface area contributed by atoms with E-state index in [-0.39, 0.29) is 24.2 Å². The molecule has 5 heteroatoms. The molecule has 1 fully saturated rings. The normalized spacial score (nSPS) is 16.0. The smallest absolute Gasteiger partial charge is 0.227 e. The average Bonchev–Trinajstić information content (AvgIpc) is 3.24. The molecule has 1 amide bonds. The van der Waals surface area contributed by atoms with Crippen LogP contribution >= 0.6 is 0 Å². The van der Waals surface area contributed by atoms with Crippen LogP contribution in [0.25, 0.3) is 11.1 Å². The van der Waals surface area contributed by atoms with Gasteiger partial charge in [-0.25, -0.2) is 4.39 Å². The van der Waals surface area contributed by atoms with Crippen molar-refractivity contribution >= 4 is 5.91 Å². The number of halogens is 1. The molecule has 0 N–H and O–H groups in total. The van der Waals surface area contributed by atoms with Crippen LogP contribution in [0.3, 0.4) is 0 Å². The summed E-state index contributed by atoms with van der Waals surface area (Å²) in [5.74, 6) is 0.509. The molecule has 0 radical (unpaired) electrons. The number of hydrogen-bond acceptors (Lipinski definition) is 3. The summed E-state index contributed by atoms with van der Waals surface area (Å²) in [6, 6.07) is 18.3. The molecule has 0 aliphatic carbocycles. The maximum Gasteiger partial charge on any atom is 0.227 e. The maximum atomic E-state index is 13.5. The lowest BCUT2D eigenvalue weighted by Gasteiger charge is -2.25. The fraction of sp³-hybridized carbons (Fsp3) is 0.280. The number of nitrogens with zero attached hydrogens (tertiary/aromatic N) is 2. The van der Waals surface area contributed by atoms with Crippen LogP contribution in [0.1, 0.15) is 35.8 Å². The van der Waals surface area contributed by atoms with Crippen molar-refractivity contribution in [3.8, 4) is 16.9 Å². The minimum atomic E-state index is -0.317. The Hall–Kier alpha value is -3.21. The molecule has 1 atom stereocenters. The van der Waals surface area contributed by atoms with E-state index in [2.05, 4.69) is 12.1 Å². The molecule has 1 aliphatic heterocycles. The third-order valence-corrected chi connectivity index (χ3v) is 5.56. The minimum absolute atomic E-state index is 0.0115. The van der Waals surface area contributed by atoms with Gasteiger partial charge < -0.3 is 9.64 Å². The highest BCUT2D eigenvalue weighted by Gasteiger charge is 2.31. The zero-order valence-electron chi connectivity index (χ0n) is 17.3. The zero-order chi connectivity index (χ0) is 21.1. The van der Waals surface area contributed by atoms with Gasteiger partial charge in [-0.15, -0.1) is 0 Å². The molecule has 154 valence electrons. The number of benzene rings is 2. The number of hydrogen-bond donors (Lipinski definition) is 0. The van der Waals surface area contributed by atoms with Crippen molar-refractivity contribution in [1.82, 2.24) is 9.88 Å². The Morgan fingerprint density at radius 3 is 2.67 bits per heavy atom. The molecule has 30 heavy (non-hydrogen) atoms. The first-order valence-electron chi connectivity index (χ1n) is 10.2. The maximum absolute atomic E-state index is 13.5. The van der Waals surface area contributed by atoms with Gasteiger partial charge in [0.1, 0.15) is 11.6 Å². The molecule has 1 saturated heterocycles. The number of aryl methyl sites for hydroxylation is 1. The van der Waals surface area contributed by atoms with Gasteiger partial charge in [0.25, 0.3) is 0 Å². The van der Waals surface area contributed by atoms with E-state index in [9.17, 15) is 9.18 Å². The molecule has 3 aromatic rings. The Bertz CT molecular complexity index is 1050. The van der Waals surface area contributed by atoms with Crippen LogP contribution in [0.2, 0.25) is 0 Å². The Morgan fingerprint density at radius 2 is 1.93 bits per heavy atom. The molecule has 0 bridgehead atoms. The van der Waals surface area contributed by atoms with Gasteiger partial charge in [-0.3, -0.25) is 9.78 Å². The van der Waals surface area contributed by atoms with Crippen LogP contribution < -0.4 is 4.74 Å². The third-order valence-electron chi connectivity index (χ3n) is 5.56. The summed E-state index contributed by atoms with van der Waals surface area (Å²) in [4.78, 5) is 19.6. The predicted molar refractivity (Wildman–Crippen MR) is 115 cm³/mol. The second kappa shape index (κ2) is 8.66. The van der Waals surface area contributed by atoms with Gasteiger partial charge >= 0.3 is 0 Å². The summed E-state index contributed by atoms with van der Waals surface area (Å²) in [7, 11) is 1.65. The van der Waals surface area contributed by atoms with Crippen LogP contribution in [-0.4, -0.2) is 29.4 Å². The van der Waals surface area contributed by atoms with E-state index < -0.39 is 0 Å². The van der Waals surface area contributed by atoms with Crippen molar-refractivity contribution < 1.29 is 13.9 Å². The summed E-state index contributed by atoms with van der Waals surface area (Å²) >= 11 is 0.